The Morgan fingerprint density at radius 1 is 1.36 bits per heavy atom. The molecule has 1 atom stereocenters. The monoisotopic (exact) mass is 387 g/mol. The fourth-order valence-electron chi connectivity index (χ4n) is 3.26. The lowest BCUT2D eigenvalue weighted by molar-refractivity contribution is -0.383. The number of hydrogen-bond donors (Lipinski definition) is 0. The van der Waals surface area contributed by atoms with Gasteiger partial charge in [0.1, 0.15) is 17.3 Å². The molecule has 1 aliphatic rings. The van der Waals surface area contributed by atoms with E-state index in [4.69, 9.17) is 9.47 Å². The molecule has 1 amide bonds. The second-order valence-corrected chi connectivity index (χ2v) is 6.81. The quantitative estimate of drug-likeness (QED) is 0.324. The Morgan fingerprint density at radius 2 is 2.14 bits per heavy atom. The van der Waals surface area contributed by atoms with Crippen LogP contribution in [0.1, 0.15) is 26.7 Å². The Morgan fingerprint density at radius 3 is 2.86 bits per heavy atom. The summed E-state index contributed by atoms with van der Waals surface area (Å²) in [6, 6.07) is 5.31. The molecule has 2 heterocycles. The molecule has 0 N–H and O–H groups in total. The lowest BCUT2D eigenvalue weighted by atomic mass is 10.1. The van der Waals surface area contributed by atoms with Gasteiger partial charge in [-0.05, 0) is 31.0 Å². The minimum atomic E-state index is -0.606. The summed E-state index contributed by atoms with van der Waals surface area (Å²) in [5.41, 5.74) is 0.228. The summed E-state index contributed by atoms with van der Waals surface area (Å²) in [4.78, 5) is 40.9. The first-order valence-electron chi connectivity index (χ1n) is 9.02. The van der Waals surface area contributed by atoms with E-state index >= 15 is 0 Å². The highest BCUT2D eigenvalue weighted by Crippen LogP contribution is 2.31. The van der Waals surface area contributed by atoms with Gasteiger partial charge in [-0.1, -0.05) is 13.8 Å². The first-order valence-corrected chi connectivity index (χ1v) is 9.02. The summed E-state index contributed by atoms with van der Waals surface area (Å²) >= 11 is 0. The molecule has 1 aromatic heterocycles. The van der Waals surface area contributed by atoms with Crippen LogP contribution < -0.4 is 4.74 Å². The molecule has 0 bridgehead atoms. The van der Waals surface area contributed by atoms with Crippen molar-refractivity contribution in [2.24, 2.45) is 5.92 Å². The molecule has 2 aromatic rings. The van der Waals surface area contributed by atoms with Crippen LogP contribution in [0.3, 0.4) is 0 Å². The molecular weight excluding hydrogens is 366 g/mol. The molecule has 28 heavy (non-hydrogen) atoms. The van der Waals surface area contributed by atoms with Crippen molar-refractivity contribution in [3.63, 3.8) is 0 Å². The molecule has 1 fully saturated rings. The Labute approximate surface area is 161 Å². The van der Waals surface area contributed by atoms with Crippen LogP contribution in [0.2, 0.25) is 0 Å². The average Bonchev–Trinajstić information content (AvgIpc) is 3.16. The number of likely N-dealkylation sites (tertiary alicyclic amines) is 1. The molecule has 9 heteroatoms. The summed E-state index contributed by atoms with van der Waals surface area (Å²) in [5.74, 6) is -0.519. The fraction of sp³-hybridized carbons (Fsp3) is 0.421. The van der Waals surface area contributed by atoms with Crippen LogP contribution in [-0.4, -0.2) is 46.1 Å². The van der Waals surface area contributed by atoms with Gasteiger partial charge in [0.05, 0.1) is 10.3 Å². The predicted octanol–water partition coefficient (Wildman–Crippen LogP) is 2.67. The number of rotatable bonds is 6. The molecule has 9 nitrogen and oxygen atoms in total. The van der Waals surface area contributed by atoms with Gasteiger partial charge in [-0.3, -0.25) is 19.9 Å². The fourth-order valence-corrected chi connectivity index (χ4v) is 3.26. The molecule has 0 unspecified atom stereocenters. The van der Waals surface area contributed by atoms with Gasteiger partial charge in [0.25, 0.3) is 5.69 Å². The molecule has 0 radical (unpaired) electrons. The molecule has 0 spiro atoms. The smallest absolute Gasteiger partial charge is 0.331 e. The lowest BCUT2D eigenvalue weighted by Crippen LogP contribution is -2.43. The number of carbonyl (C=O) groups is 2. The van der Waals surface area contributed by atoms with Crippen molar-refractivity contribution < 1.29 is 24.0 Å². The first-order chi connectivity index (χ1) is 13.4. The molecule has 0 aliphatic carbocycles. The number of benzene rings is 1. The summed E-state index contributed by atoms with van der Waals surface area (Å²) in [6.07, 6.45) is 2.80. The van der Waals surface area contributed by atoms with Gasteiger partial charge in [-0.2, -0.15) is 0 Å². The summed E-state index contributed by atoms with van der Waals surface area (Å²) < 4.78 is 10.7. The van der Waals surface area contributed by atoms with Crippen molar-refractivity contribution in [3.8, 4) is 5.75 Å². The zero-order valence-corrected chi connectivity index (χ0v) is 15.7. The van der Waals surface area contributed by atoms with Crippen molar-refractivity contribution in [3.05, 3.63) is 40.6 Å². The Kier molecular flexibility index (Phi) is 5.72. The first kappa shape index (κ1) is 19.5. The number of carbonyl (C=O) groups excluding carboxylic acids is 2. The number of aromatic nitrogens is 1. The zero-order valence-electron chi connectivity index (χ0n) is 15.7. The number of nitrogens with zero attached hydrogens (tertiary/aromatic N) is 3. The van der Waals surface area contributed by atoms with Crippen molar-refractivity contribution in [1.29, 1.82) is 0 Å². The third kappa shape index (κ3) is 3.88. The third-order valence-electron chi connectivity index (χ3n) is 4.62. The van der Waals surface area contributed by atoms with Gasteiger partial charge >= 0.3 is 5.97 Å². The molecule has 0 saturated carbocycles. The second-order valence-electron chi connectivity index (χ2n) is 6.81. The standard InChI is InChI=1S/C19H21N3O6/c1-12(2)18(23)21-10-4-6-15(21)19(24)28-11-27-16-8-7-14(22(25)26)13-5-3-9-20-17(13)16/h3,5,7-9,12,15H,4,6,10-11H2,1-2H3/t15-/m1/s1. The van der Waals surface area contributed by atoms with E-state index in [-0.39, 0.29) is 30.1 Å². The van der Waals surface area contributed by atoms with Gasteiger partial charge < -0.3 is 14.4 Å². The number of non-ortho nitro benzene ring substituents is 1. The number of esters is 1. The molecule has 148 valence electrons. The second kappa shape index (κ2) is 8.20. The van der Waals surface area contributed by atoms with E-state index < -0.39 is 16.9 Å². The van der Waals surface area contributed by atoms with Crippen LogP contribution in [-0.2, 0) is 14.3 Å². The number of fused-ring (bicyclic) bond motifs is 1. The number of pyridine rings is 1. The van der Waals surface area contributed by atoms with Gasteiger partial charge in [-0.25, -0.2) is 4.79 Å². The molecule has 1 aliphatic heterocycles. The molecular formula is C19H21N3O6. The molecule has 1 aromatic carbocycles. The highest BCUT2D eigenvalue weighted by Gasteiger charge is 2.36. The Balaban J connectivity index is 1.67. The van der Waals surface area contributed by atoms with E-state index in [1.165, 1.54) is 18.3 Å². The zero-order chi connectivity index (χ0) is 20.3. The Bertz CT molecular complexity index is 914. The SMILES string of the molecule is CC(C)C(=O)N1CCC[C@@H]1C(=O)OCOc1ccc([N+](=O)[O-])c2cccnc12. The number of hydrogen-bond acceptors (Lipinski definition) is 7. The molecule has 1 saturated heterocycles. The summed E-state index contributed by atoms with van der Waals surface area (Å²) in [6.45, 7) is 3.74. The van der Waals surface area contributed by atoms with Crippen molar-refractivity contribution in [2.75, 3.05) is 13.3 Å². The van der Waals surface area contributed by atoms with Crippen molar-refractivity contribution >= 4 is 28.5 Å². The van der Waals surface area contributed by atoms with Gasteiger partial charge in [0.15, 0.2) is 0 Å². The van der Waals surface area contributed by atoms with Crippen LogP contribution in [0.15, 0.2) is 30.5 Å². The van der Waals surface area contributed by atoms with Crippen LogP contribution in [0.4, 0.5) is 5.69 Å². The van der Waals surface area contributed by atoms with Crippen LogP contribution in [0, 0.1) is 16.0 Å². The van der Waals surface area contributed by atoms with E-state index in [0.29, 0.717) is 23.9 Å². The van der Waals surface area contributed by atoms with Gasteiger partial charge in [0.2, 0.25) is 12.7 Å². The maximum atomic E-state index is 12.4. The lowest BCUT2D eigenvalue weighted by Gasteiger charge is -2.24. The van der Waals surface area contributed by atoms with Crippen LogP contribution in [0.5, 0.6) is 5.75 Å². The Hall–Kier alpha value is -3.23. The highest BCUT2D eigenvalue weighted by atomic mass is 16.7. The maximum Gasteiger partial charge on any atom is 0.331 e. The van der Waals surface area contributed by atoms with E-state index in [2.05, 4.69) is 4.98 Å². The van der Waals surface area contributed by atoms with Crippen LogP contribution in [0.25, 0.3) is 10.9 Å². The van der Waals surface area contributed by atoms with E-state index in [0.717, 1.165) is 6.42 Å². The number of amides is 1. The minimum absolute atomic E-state index is 0.0778. The summed E-state index contributed by atoms with van der Waals surface area (Å²) in [5, 5.41) is 11.5. The van der Waals surface area contributed by atoms with E-state index in [1.807, 2.05) is 0 Å². The van der Waals surface area contributed by atoms with Gasteiger partial charge in [0, 0.05) is 24.7 Å². The minimum Gasteiger partial charge on any atom is -0.455 e. The van der Waals surface area contributed by atoms with E-state index in [1.54, 1.807) is 30.9 Å². The average molecular weight is 387 g/mol. The predicted molar refractivity (Wildman–Crippen MR) is 99.6 cm³/mol. The largest absolute Gasteiger partial charge is 0.455 e. The molecule has 3 rings (SSSR count). The van der Waals surface area contributed by atoms with E-state index in [9.17, 15) is 19.7 Å². The number of nitro groups is 1. The normalized spacial score (nSPS) is 16.4. The van der Waals surface area contributed by atoms with Gasteiger partial charge in [-0.15, -0.1) is 0 Å². The van der Waals surface area contributed by atoms with Crippen molar-refractivity contribution in [2.45, 2.75) is 32.7 Å². The summed E-state index contributed by atoms with van der Waals surface area (Å²) in [7, 11) is 0. The topological polar surface area (TPSA) is 112 Å². The van der Waals surface area contributed by atoms with Crippen LogP contribution >= 0.6 is 0 Å². The third-order valence-corrected chi connectivity index (χ3v) is 4.62. The highest BCUT2D eigenvalue weighted by molar-refractivity contribution is 5.92. The van der Waals surface area contributed by atoms with Crippen molar-refractivity contribution in [1.82, 2.24) is 9.88 Å². The number of nitro benzene ring substituents is 1. The maximum absolute atomic E-state index is 12.4. The number of ether oxygens (including phenoxy) is 2.